The zero-order valence-electron chi connectivity index (χ0n) is 16.0. The maximum Gasteiger partial charge on any atom is 0.244 e. The van der Waals surface area contributed by atoms with Gasteiger partial charge in [0, 0.05) is 39.0 Å². The summed E-state index contributed by atoms with van der Waals surface area (Å²) in [5.74, 6) is -0.129. The van der Waals surface area contributed by atoms with Crippen LogP contribution in [0.5, 0.6) is 0 Å². The largest absolute Gasteiger partial charge is 0.381 e. The molecule has 2 saturated heterocycles. The van der Waals surface area contributed by atoms with Gasteiger partial charge in [-0.15, -0.1) is 0 Å². The minimum Gasteiger partial charge on any atom is -0.381 e. The second kappa shape index (κ2) is 8.37. The molecule has 1 aromatic heterocycles. The number of aromatic nitrogens is 2. The minimum atomic E-state index is -0.601. The molecule has 2 amide bonds. The van der Waals surface area contributed by atoms with Crippen LogP contribution in [0.1, 0.15) is 26.7 Å². The van der Waals surface area contributed by atoms with Gasteiger partial charge in [-0.25, -0.2) is 0 Å². The first-order valence-corrected chi connectivity index (χ1v) is 9.47. The van der Waals surface area contributed by atoms with Gasteiger partial charge >= 0.3 is 0 Å². The standard InChI is InChI=1S/C18H29N5O4/c1-13-8-22(9-14(2)27-13)16(24)11-23-10-15(7-20-23)21-17(25)18(12-19)3-5-26-6-4-18/h7,10,13-14H,3-6,8-9,11-12,19H2,1-2H3,(H,21,25). The van der Waals surface area contributed by atoms with Gasteiger partial charge in [0.15, 0.2) is 0 Å². The third-order valence-electron chi connectivity index (χ3n) is 5.28. The fourth-order valence-electron chi connectivity index (χ4n) is 3.68. The summed E-state index contributed by atoms with van der Waals surface area (Å²) in [6.07, 6.45) is 4.49. The zero-order chi connectivity index (χ0) is 19.4. The van der Waals surface area contributed by atoms with Crippen LogP contribution in [-0.4, -0.2) is 71.6 Å². The van der Waals surface area contributed by atoms with Crippen molar-refractivity contribution in [3.63, 3.8) is 0 Å². The van der Waals surface area contributed by atoms with Gasteiger partial charge in [-0.3, -0.25) is 14.3 Å². The minimum absolute atomic E-state index is 0.0131. The van der Waals surface area contributed by atoms with Crippen molar-refractivity contribution in [1.29, 1.82) is 0 Å². The Morgan fingerprint density at radius 3 is 2.59 bits per heavy atom. The van der Waals surface area contributed by atoms with Crippen LogP contribution in [0.3, 0.4) is 0 Å². The Labute approximate surface area is 159 Å². The molecule has 2 aliphatic rings. The van der Waals surface area contributed by atoms with Crippen LogP contribution in [0, 0.1) is 5.41 Å². The van der Waals surface area contributed by atoms with E-state index in [9.17, 15) is 9.59 Å². The van der Waals surface area contributed by atoms with Crippen molar-refractivity contribution in [3.05, 3.63) is 12.4 Å². The first-order valence-electron chi connectivity index (χ1n) is 9.47. The van der Waals surface area contributed by atoms with E-state index < -0.39 is 5.41 Å². The van der Waals surface area contributed by atoms with Crippen LogP contribution >= 0.6 is 0 Å². The smallest absolute Gasteiger partial charge is 0.244 e. The highest BCUT2D eigenvalue weighted by Gasteiger charge is 2.39. The molecule has 1 aromatic rings. The third kappa shape index (κ3) is 4.66. The maximum absolute atomic E-state index is 12.7. The highest BCUT2D eigenvalue weighted by molar-refractivity contribution is 5.95. The van der Waals surface area contributed by atoms with E-state index >= 15 is 0 Å². The predicted molar refractivity (Wildman–Crippen MR) is 99.0 cm³/mol. The summed E-state index contributed by atoms with van der Waals surface area (Å²) in [5.41, 5.74) is 5.84. The Morgan fingerprint density at radius 1 is 1.30 bits per heavy atom. The first-order chi connectivity index (χ1) is 12.9. The summed E-state index contributed by atoms with van der Waals surface area (Å²) in [4.78, 5) is 27.0. The molecule has 3 rings (SSSR count). The summed E-state index contributed by atoms with van der Waals surface area (Å²) in [5, 5.41) is 7.09. The quantitative estimate of drug-likeness (QED) is 0.757. The van der Waals surface area contributed by atoms with E-state index in [4.69, 9.17) is 15.2 Å². The SMILES string of the molecule is CC1CN(C(=O)Cn2cc(NC(=O)C3(CN)CCOCC3)cn2)CC(C)O1. The fraction of sp³-hybridized carbons (Fsp3) is 0.722. The maximum atomic E-state index is 12.7. The Kier molecular flexibility index (Phi) is 6.13. The number of amides is 2. The van der Waals surface area contributed by atoms with Crippen molar-refractivity contribution >= 4 is 17.5 Å². The van der Waals surface area contributed by atoms with E-state index in [1.807, 2.05) is 13.8 Å². The number of carbonyl (C=O) groups is 2. The second-order valence-electron chi connectivity index (χ2n) is 7.53. The second-order valence-corrected chi connectivity index (χ2v) is 7.53. The Bertz CT molecular complexity index is 660. The van der Waals surface area contributed by atoms with Crippen molar-refractivity contribution in [2.75, 3.05) is 38.2 Å². The number of nitrogens with two attached hydrogens (primary N) is 1. The number of carbonyl (C=O) groups excluding carboxylic acids is 2. The predicted octanol–water partition coefficient (Wildman–Crippen LogP) is 0.213. The van der Waals surface area contributed by atoms with Crippen LogP contribution < -0.4 is 11.1 Å². The normalized spacial score (nSPS) is 25.2. The molecular weight excluding hydrogens is 350 g/mol. The van der Waals surface area contributed by atoms with E-state index in [-0.39, 0.29) is 37.1 Å². The van der Waals surface area contributed by atoms with Crippen molar-refractivity contribution in [3.8, 4) is 0 Å². The zero-order valence-corrected chi connectivity index (χ0v) is 16.0. The third-order valence-corrected chi connectivity index (χ3v) is 5.28. The van der Waals surface area contributed by atoms with Crippen molar-refractivity contribution in [2.45, 2.75) is 45.4 Å². The van der Waals surface area contributed by atoms with Crippen molar-refractivity contribution < 1.29 is 19.1 Å². The molecule has 3 heterocycles. The lowest BCUT2D eigenvalue weighted by Gasteiger charge is -2.35. The fourth-order valence-corrected chi connectivity index (χ4v) is 3.68. The van der Waals surface area contributed by atoms with E-state index in [1.54, 1.807) is 22.0 Å². The van der Waals surface area contributed by atoms with Crippen molar-refractivity contribution in [1.82, 2.24) is 14.7 Å². The molecule has 2 fully saturated rings. The van der Waals surface area contributed by atoms with Crippen LogP contribution in [0.25, 0.3) is 0 Å². The van der Waals surface area contributed by atoms with Crippen LogP contribution in [0.15, 0.2) is 12.4 Å². The van der Waals surface area contributed by atoms with Gasteiger partial charge in [-0.1, -0.05) is 0 Å². The van der Waals surface area contributed by atoms with Gasteiger partial charge in [0.05, 0.1) is 29.5 Å². The van der Waals surface area contributed by atoms with Gasteiger partial charge in [0.2, 0.25) is 11.8 Å². The lowest BCUT2D eigenvalue weighted by molar-refractivity contribution is -0.144. The number of nitrogens with zero attached hydrogens (tertiary/aromatic N) is 3. The number of anilines is 1. The molecule has 2 atom stereocenters. The van der Waals surface area contributed by atoms with E-state index in [0.29, 0.717) is 44.8 Å². The van der Waals surface area contributed by atoms with Crippen molar-refractivity contribution in [2.24, 2.45) is 11.1 Å². The monoisotopic (exact) mass is 379 g/mol. The molecule has 0 bridgehead atoms. The van der Waals surface area contributed by atoms with Crippen LogP contribution in [0.4, 0.5) is 5.69 Å². The lowest BCUT2D eigenvalue weighted by Crippen LogP contribution is -2.49. The lowest BCUT2D eigenvalue weighted by atomic mass is 9.79. The molecule has 150 valence electrons. The van der Waals surface area contributed by atoms with Gasteiger partial charge < -0.3 is 25.4 Å². The highest BCUT2D eigenvalue weighted by atomic mass is 16.5. The van der Waals surface area contributed by atoms with Crippen LogP contribution in [-0.2, 0) is 25.6 Å². The topological polar surface area (TPSA) is 112 Å². The molecule has 9 nitrogen and oxygen atoms in total. The average molecular weight is 379 g/mol. The summed E-state index contributed by atoms with van der Waals surface area (Å²) >= 11 is 0. The van der Waals surface area contributed by atoms with E-state index in [1.165, 1.54) is 0 Å². The number of morpholine rings is 1. The summed E-state index contributed by atoms with van der Waals surface area (Å²) in [7, 11) is 0. The molecule has 3 N–H and O–H groups in total. The number of nitrogens with one attached hydrogen (secondary N) is 1. The number of rotatable bonds is 5. The molecule has 27 heavy (non-hydrogen) atoms. The number of hydrogen-bond acceptors (Lipinski definition) is 6. The molecule has 9 heteroatoms. The number of hydrogen-bond donors (Lipinski definition) is 2. The Morgan fingerprint density at radius 2 is 1.96 bits per heavy atom. The average Bonchev–Trinajstić information content (AvgIpc) is 3.08. The summed E-state index contributed by atoms with van der Waals surface area (Å²) < 4.78 is 12.5. The van der Waals surface area contributed by atoms with Crippen LogP contribution in [0.2, 0.25) is 0 Å². The van der Waals surface area contributed by atoms with E-state index in [0.717, 1.165) is 0 Å². The summed E-state index contributed by atoms with van der Waals surface area (Å²) in [6.45, 7) is 6.56. The molecule has 0 spiro atoms. The molecule has 2 unspecified atom stereocenters. The molecule has 0 radical (unpaired) electrons. The molecule has 2 aliphatic heterocycles. The molecule has 0 aliphatic carbocycles. The van der Waals surface area contributed by atoms with Gasteiger partial charge in [0.1, 0.15) is 6.54 Å². The first kappa shape index (κ1) is 19.8. The number of ether oxygens (including phenoxy) is 2. The summed E-state index contributed by atoms with van der Waals surface area (Å²) in [6, 6.07) is 0. The van der Waals surface area contributed by atoms with E-state index in [2.05, 4.69) is 10.4 Å². The van der Waals surface area contributed by atoms with Gasteiger partial charge in [-0.2, -0.15) is 5.10 Å². The van der Waals surface area contributed by atoms with Gasteiger partial charge in [0.25, 0.3) is 0 Å². The van der Waals surface area contributed by atoms with Gasteiger partial charge in [-0.05, 0) is 26.7 Å². The highest BCUT2D eigenvalue weighted by Crippen LogP contribution is 2.30. The molecular formula is C18H29N5O4. The molecule has 0 saturated carbocycles. The Balaban J connectivity index is 1.58. The molecule has 0 aromatic carbocycles. The Hall–Kier alpha value is -1.97.